The summed E-state index contributed by atoms with van der Waals surface area (Å²) in [6.45, 7) is 12.6. The Bertz CT molecular complexity index is 1220. The summed E-state index contributed by atoms with van der Waals surface area (Å²) >= 11 is 0. The Morgan fingerprint density at radius 3 is 2.24 bits per heavy atom. The van der Waals surface area contributed by atoms with E-state index in [2.05, 4.69) is 27.7 Å². The van der Waals surface area contributed by atoms with E-state index in [9.17, 15) is 30.6 Å². The Balaban J connectivity index is 1.11. The predicted molar refractivity (Wildman–Crippen MR) is 160 cm³/mol. The predicted octanol–water partition coefficient (Wildman–Crippen LogP) is 2.09. The lowest BCUT2D eigenvalue weighted by atomic mass is 9.41. The van der Waals surface area contributed by atoms with Crippen LogP contribution in [-0.2, 0) is 18.9 Å². The SMILES string of the molecule is CC(C)(O)[C@@H]1O[C@@]23O[C@@H]1C[C@@H](CO)[C@@H]2[C@@]1(C)CC[C@@]24C[C@@]25CC[C@H](O[C@@H]2OC[C@H](O)[C@H](O)[C@H]2O)C(C)(C)[C@@H]5CC[C@H]4[C@]1(C)[C@H]3O. The first-order valence-corrected chi connectivity index (χ1v) is 17.6. The highest BCUT2D eigenvalue weighted by Gasteiger charge is 2.88. The summed E-state index contributed by atoms with van der Waals surface area (Å²) < 4.78 is 25.7. The van der Waals surface area contributed by atoms with Gasteiger partial charge < -0.3 is 49.6 Å². The average molecular weight is 637 g/mol. The lowest BCUT2D eigenvalue weighted by Crippen LogP contribution is -2.61. The first-order valence-electron chi connectivity index (χ1n) is 17.6. The summed E-state index contributed by atoms with van der Waals surface area (Å²) in [7, 11) is 0. The molecule has 0 aromatic rings. The Kier molecular flexibility index (Phi) is 6.67. The monoisotopic (exact) mass is 636 g/mol. The molecule has 3 heterocycles. The fraction of sp³-hybridized carbons (Fsp3) is 1.00. The average Bonchev–Trinajstić information content (AvgIpc) is 3.50. The van der Waals surface area contributed by atoms with Gasteiger partial charge in [-0.2, -0.15) is 0 Å². The second-order valence-corrected chi connectivity index (χ2v) is 18.2. The van der Waals surface area contributed by atoms with Crippen LogP contribution in [0, 0.1) is 50.7 Å². The van der Waals surface area contributed by atoms with E-state index in [1.807, 2.05) is 0 Å². The maximum absolute atomic E-state index is 12.7. The number of hydrogen-bond donors (Lipinski definition) is 6. The molecule has 6 N–H and O–H groups in total. The van der Waals surface area contributed by atoms with Gasteiger partial charge in [0.2, 0.25) is 0 Å². The molecule has 256 valence electrons. The Labute approximate surface area is 266 Å². The summed E-state index contributed by atoms with van der Waals surface area (Å²) in [5, 5.41) is 65.3. The minimum atomic E-state index is -1.30. The first-order chi connectivity index (χ1) is 20.9. The largest absolute Gasteiger partial charge is 0.396 e. The molecule has 10 heteroatoms. The van der Waals surface area contributed by atoms with Gasteiger partial charge in [0.05, 0.1) is 24.4 Å². The van der Waals surface area contributed by atoms with Gasteiger partial charge in [-0.05, 0) is 105 Å². The minimum absolute atomic E-state index is 0.0133. The van der Waals surface area contributed by atoms with E-state index in [4.69, 9.17) is 18.9 Å². The van der Waals surface area contributed by atoms with E-state index in [-0.39, 0.29) is 64.8 Å². The van der Waals surface area contributed by atoms with E-state index >= 15 is 0 Å². The van der Waals surface area contributed by atoms with Gasteiger partial charge in [0.1, 0.15) is 30.5 Å². The van der Waals surface area contributed by atoms with Gasteiger partial charge in [-0.1, -0.05) is 27.7 Å². The van der Waals surface area contributed by atoms with Gasteiger partial charge in [0.25, 0.3) is 0 Å². The van der Waals surface area contributed by atoms with Crippen molar-refractivity contribution in [1.82, 2.24) is 0 Å². The fourth-order valence-electron chi connectivity index (χ4n) is 13.9. The third-order valence-electron chi connectivity index (χ3n) is 15.9. The second-order valence-electron chi connectivity index (χ2n) is 18.2. The standard InChI is InChI=1S/C35H56O10/c1-29(2)20-7-8-21-32(6)28(40)35-25(17(14-36)13-19(44-35)26(45-35)30(3,4)41)31(32,5)11-12-34(21)16-33(20,34)10-9-22(29)43-27-24(39)23(38)18(37)15-42-27/h17-28,36-41H,7-16H2,1-6H3/t17-,18-,19+,20-,21-,22-,23-,24+,25+,26+,27-,28+,31+,32+,33+,34-,35-/m0/s1. The number of rotatable bonds is 4. The molecule has 8 rings (SSSR count). The lowest BCUT2D eigenvalue weighted by molar-refractivity contribution is -0.303. The maximum Gasteiger partial charge on any atom is 0.199 e. The molecule has 0 unspecified atom stereocenters. The van der Waals surface area contributed by atoms with E-state index in [0.717, 1.165) is 44.9 Å². The molecule has 10 nitrogen and oxygen atoms in total. The number of ether oxygens (including phenoxy) is 4. The number of aliphatic hydroxyl groups excluding tert-OH is 5. The van der Waals surface area contributed by atoms with Gasteiger partial charge in [-0.15, -0.1) is 0 Å². The van der Waals surface area contributed by atoms with Crippen LogP contribution in [0.15, 0.2) is 0 Å². The van der Waals surface area contributed by atoms with Crippen LogP contribution < -0.4 is 0 Å². The van der Waals surface area contributed by atoms with Crippen molar-refractivity contribution in [2.45, 2.75) is 153 Å². The molecule has 8 aliphatic rings. The molecule has 8 fully saturated rings. The molecule has 0 amide bonds. The third kappa shape index (κ3) is 3.61. The normalized spacial score (nSPS) is 61.1. The number of hydrogen-bond acceptors (Lipinski definition) is 10. The summed E-state index contributed by atoms with van der Waals surface area (Å²) in [5.74, 6) is -0.802. The molecule has 2 bridgehead atoms. The van der Waals surface area contributed by atoms with E-state index in [0.29, 0.717) is 12.3 Å². The molecular formula is C35H56O10. The van der Waals surface area contributed by atoms with Crippen LogP contribution in [0.3, 0.4) is 0 Å². The minimum Gasteiger partial charge on any atom is -0.396 e. The van der Waals surface area contributed by atoms with Crippen molar-refractivity contribution in [3.63, 3.8) is 0 Å². The Morgan fingerprint density at radius 2 is 1.56 bits per heavy atom. The summed E-state index contributed by atoms with van der Waals surface area (Å²) in [5.41, 5.74) is -1.89. The molecule has 0 aromatic heterocycles. The third-order valence-corrected chi connectivity index (χ3v) is 15.9. The summed E-state index contributed by atoms with van der Waals surface area (Å²) in [6.07, 6.45) is 0.888. The molecule has 3 spiro atoms. The van der Waals surface area contributed by atoms with Crippen molar-refractivity contribution >= 4 is 0 Å². The highest BCUT2D eigenvalue weighted by atomic mass is 16.8. The zero-order chi connectivity index (χ0) is 32.3. The highest BCUT2D eigenvalue weighted by molar-refractivity contribution is 5.34. The van der Waals surface area contributed by atoms with Crippen molar-refractivity contribution in [3.8, 4) is 0 Å². The van der Waals surface area contributed by atoms with Crippen LogP contribution in [0.25, 0.3) is 0 Å². The summed E-state index contributed by atoms with van der Waals surface area (Å²) in [6, 6.07) is 0. The zero-order valence-electron chi connectivity index (χ0n) is 27.8. The van der Waals surface area contributed by atoms with Crippen LogP contribution in [-0.4, -0.2) is 104 Å². The molecular weight excluding hydrogens is 580 g/mol. The molecule has 5 saturated carbocycles. The van der Waals surface area contributed by atoms with Gasteiger partial charge in [0, 0.05) is 17.9 Å². The Morgan fingerprint density at radius 1 is 0.867 bits per heavy atom. The van der Waals surface area contributed by atoms with E-state index in [1.54, 1.807) is 13.8 Å². The fourth-order valence-corrected chi connectivity index (χ4v) is 13.9. The quantitative estimate of drug-likeness (QED) is 0.253. The number of aliphatic hydroxyl groups is 6. The van der Waals surface area contributed by atoms with Crippen LogP contribution in [0.4, 0.5) is 0 Å². The van der Waals surface area contributed by atoms with Crippen LogP contribution >= 0.6 is 0 Å². The van der Waals surface area contributed by atoms with Crippen molar-refractivity contribution in [2.75, 3.05) is 13.2 Å². The Hall–Kier alpha value is -0.400. The van der Waals surface area contributed by atoms with Gasteiger partial charge in [-0.25, -0.2) is 0 Å². The lowest BCUT2D eigenvalue weighted by Gasteiger charge is -2.63. The van der Waals surface area contributed by atoms with Crippen molar-refractivity contribution < 1.29 is 49.6 Å². The second kappa shape index (κ2) is 9.43. The smallest absolute Gasteiger partial charge is 0.199 e. The van der Waals surface area contributed by atoms with Crippen LogP contribution in [0.1, 0.15) is 92.9 Å². The summed E-state index contributed by atoms with van der Waals surface area (Å²) in [4.78, 5) is 0. The van der Waals surface area contributed by atoms with Gasteiger partial charge in [0.15, 0.2) is 12.1 Å². The topological polar surface area (TPSA) is 158 Å². The van der Waals surface area contributed by atoms with E-state index < -0.39 is 53.6 Å². The van der Waals surface area contributed by atoms with Crippen LogP contribution in [0.2, 0.25) is 0 Å². The number of fused-ring (bicyclic) bond motifs is 4. The van der Waals surface area contributed by atoms with E-state index in [1.165, 1.54) is 0 Å². The molecule has 0 radical (unpaired) electrons. The molecule has 5 aliphatic carbocycles. The first kappa shape index (κ1) is 31.8. The molecule has 3 aliphatic heterocycles. The molecule has 3 saturated heterocycles. The van der Waals surface area contributed by atoms with Gasteiger partial charge in [-0.3, -0.25) is 0 Å². The molecule has 45 heavy (non-hydrogen) atoms. The van der Waals surface area contributed by atoms with Gasteiger partial charge >= 0.3 is 0 Å². The zero-order valence-corrected chi connectivity index (χ0v) is 27.8. The van der Waals surface area contributed by atoms with Crippen molar-refractivity contribution in [3.05, 3.63) is 0 Å². The van der Waals surface area contributed by atoms with Crippen molar-refractivity contribution in [2.24, 2.45) is 50.7 Å². The highest BCUT2D eigenvalue weighted by Crippen LogP contribution is 2.90. The van der Waals surface area contributed by atoms with Crippen molar-refractivity contribution in [1.29, 1.82) is 0 Å². The molecule has 17 atom stereocenters. The van der Waals surface area contributed by atoms with Crippen LogP contribution in [0.5, 0.6) is 0 Å². The maximum atomic E-state index is 12.7. The molecule has 0 aromatic carbocycles.